The quantitative estimate of drug-likeness (QED) is 0.843. The highest BCUT2D eigenvalue weighted by Gasteiger charge is 2.17. The van der Waals surface area contributed by atoms with Crippen LogP contribution < -0.4 is 14.2 Å². The normalized spacial score (nSPS) is 11.0. The Hall–Kier alpha value is -2.06. The lowest BCUT2D eigenvalue weighted by Crippen LogP contribution is -2.15. The highest BCUT2D eigenvalue weighted by atomic mass is 35.5. The van der Waals surface area contributed by atoms with Crippen molar-refractivity contribution >= 4 is 27.6 Å². The van der Waals surface area contributed by atoms with E-state index in [2.05, 4.69) is 14.7 Å². The van der Waals surface area contributed by atoms with Gasteiger partial charge in [-0.2, -0.15) is 4.98 Å². The molecule has 0 spiro atoms. The first-order valence-electron chi connectivity index (χ1n) is 5.70. The van der Waals surface area contributed by atoms with Gasteiger partial charge in [-0.25, -0.2) is 18.1 Å². The molecule has 0 radical (unpaired) electrons. The first-order valence-corrected chi connectivity index (χ1v) is 7.56. The van der Waals surface area contributed by atoms with Crippen molar-refractivity contribution in [3.05, 3.63) is 35.5 Å². The summed E-state index contributed by atoms with van der Waals surface area (Å²) in [6.07, 6.45) is 0. The molecule has 0 saturated heterocycles. The number of methoxy groups -OCH3 is 2. The van der Waals surface area contributed by atoms with Crippen LogP contribution in [0.3, 0.4) is 0 Å². The summed E-state index contributed by atoms with van der Waals surface area (Å²) >= 11 is 5.77. The Kier molecular flexibility index (Phi) is 4.49. The zero-order valence-electron chi connectivity index (χ0n) is 11.2. The molecule has 0 bridgehead atoms. The van der Waals surface area contributed by atoms with Crippen LogP contribution in [0.25, 0.3) is 0 Å². The molecule has 7 nitrogen and oxygen atoms in total. The van der Waals surface area contributed by atoms with E-state index in [-0.39, 0.29) is 21.9 Å². The standard InChI is InChI=1S/C12H12ClN3O4S/c1-19-8-4-3-5-9(6-8)21(17,18)16-12-14-10(13)7-11(15-12)20-2/h3-7H,1-2H3,(H,14,15,16). The van der Waals surface area contributed by atoms with Crippen LogP contribution in [0.4, 0.5) is 5.95 Å². The van der Waals surface area contributed by atoms with E-state index >= 15 is 0 Å². The Bertz CT molecular complexity index is 752. The van der Waals surface area contributed by atoms with Gasteiger partial charge in [0.05, 0.1) is 19.1 Å². The lowest BCUT2D eigenvalue weighted by Gasteiger charge is -2.09. The topological polar surface area (TPSA) is 90.4 Å². The molecule has 0 fully saturated rings. The number of rotatable bonds is 5. The van der Waals surface area contributed by atoms with Crippen LogP contribution >= 0.6 is 11.6 Å². The number of sulfonamides is 1. The Labute approximate surface area is 126 Å². The summed E-state index contributed by atoms with van der Waals surface area (Å²) < 4.78 is 36.6. The average Bonchev–Trinajstić information content (AvgIpc) is 2.46. The SMILES string of the molecule is COc1cccc(S(=O)(=O)Nc2nc(Cl)cc(OC)n2)c1. The van der Waals surface area contributed by atoms with Crippen molar-refractivity contribution in [3.63, 3.8) is 0 Å². The third kappa shape index (κ3) is 3.73. The molecule has 0 aliphatic heterocycles. The van der Waals surface area contributed by atoms with Crippen LogP contribution in [0, 0.1) is 0 Å². The number of nitrogens with one attached hydrogen (secondary N) is 1. The summed E-state index contributed by atoms with van der Waals surface area (Å²) in [5.41, 5.74) is 0. The number of halogens is 1. The summed E-state index contributed by atoms with van der Waals surface area (Å²) in [6.45, 7) is 0. The van der Waals surface area contributed by atoms with Crippen molar-refractivity contribution in [2.45, 2.75) is 4.90 Å². The number of hydrogen-bond donors (Lipinski definition) is 1. The van der Waals surface area contributed by atoms with E-state index in [1.165, 1.54) is 32.4 Å². The summed E-state index contributed by atoms with van der Waals surface area (Å²) in [7, 11) is -1.02. The van der Waals surface area contributed by atoms with Crippen LogP contribution in [0.1, 0.15) is 0 Å². The van der Waals surface area contributed by atoms with Gasteiger partial charge in [0.2, 0.25) is 11.8 Å². The molecule has 1 heterocycles. The largest absolute Gasteiger partial charge is 0.497 e. The smallest absolute Gasteiger partial charge is 0.264 e. The van der Waals surface area contributed by atoms with E-state index < -0.39 is 10.0 Å². The fraction of sp³-hybridized carbons (Fsp3) is 0.167. The van der Waals surface area contributed by atoms with Gasteiger partial charge in [0, 0.05) is 12.1 Å². The van der Waals surface area contributed by atoms with Gasteiger partial charge in [-0.1, -0.05) is 17.7 Å². The van der Waals surface area contributed by atoms with E-state index in [1.807, 2.05) is 0 Å². The van der Waals surface area contributed by atoms with E-state index in [0.29, 0.717) is 5.75 Å². The van der Waals surface area contributed by atoms with Crippen LogP contribution in [0.2, 0.25) is 5.15 Å². The Morgan fingerprint density at radius 1 is 1.14 bits per heavy atom. The molecule has 2 rings (SSSR count). The van der Waals surface area contributed by atoms with E-state index in [9.17, 15) is 8.42 Å². The summed E-state index contributed by atoms with van der Waals surface area (Å²) in [6, 6.07) is 7.37. The molecule has 0 aliphatic carbocycles. The van der Waals surface area contributed by atoms with Gasteiger partial charge in [-0.3, -0.25) is 0 Å². The van der Waals surface area contributed by atoms with Crippen molar-refractivity contribution in [1.82, 2.24) is 9.97 Å². The zero-order valence-corrected chi connectivity index (χ0v) is 12.8. The molecule has 1 aromatic heterocycles. The Morgan fingerprint density at radius 3 is 2.57 bits per heavy atom. The third-order valence-electron chi connectivity index (χ3n) is 2.46. The van der Waals surface area contributed by atoms with E-state index in [1.54, 1.807) is 12.1 Å². The second kappa shape index (κ2) is 6.15. The number of aromatic nitrogens is 2. The fourth-order valence-corrected chi connectivity index (χ4v) is 2.65. The molecule has 0 saturated carbocycles. The van der Waals surface area contributed by atoms with Crippen LogP contribution in [-0.4, -0.2) is 32.6 Å². The maximum atomic E-state index is 12.3. The van der Waals surface area contributed by atoms with Crippen LogP contribution in [0.5, 0.6) is 11.6 Å². The molecule has 0 amide bonds. The Balaban J connectivity index is 2.34. The van der Waals surface area contributed by atoms with E-state index in [0.717, 1.165) is 0 Å². The summed E-state index contributed by atoms with van der Waals surface area (Å²) in [4.78, 5) is 7.67. The van der Waals surface area contributed by atoms with Crippen LogP contribution in [0.15, 0.2) is 35.2 Å². The van der Waals surface area contributed by atoms with Crippen molar-refractivity contribution in [1.29, 1.82) is 0 Å². The monoisotopic (exact) mass is 329 g/mol. The van der Waals surface area contributed by atoms with Gasteiger partial charge in [0.1, 0.15) is 10.9 Å². The minimum absolute atomic E-state index is 0.0180. The van der Waals surface area contributed by atoms with Crippen LogP contribution in [-0.2, 0) is 10.0 Å². The minimum atomic E-state index is -3.86. The molecule has 0 unspecified atom stereocenters. The maximum absolute atomic E-state index is 12.3. The summed E-state index contributed by atoms with van der Waals surface area (Å²) in [5, 5.41) is 0.0604. The molecule has 0 atom stereocenters. The zero-order chi connectivity index (χ0) is 15.5. The van der Waals surface area contributed by atoms with Gasteiger partial charge in [0.15, 0.2) is 0 Å². The molecule has 21 heavy (non-hydrogen) atoms. The van der Waals surface area contributed by atoms with Crippen molar-refractivity contribution in [3.8, 4) is 11.6 Å². The lowest BCUT2D eigenvalue weighted by molar-refractivity contribution is 0.397. The maximum Gasteiger partial charge on any atom is 0.264 e. The molecule has 9 heteroatoms. The number of ether oxygens (including phenoxy) is 2. The number of anilines is 1. The number of hydrogen-bond acceptors (Lipinski definition) is 6. The fourth-order valence-electron chi connectivity index (χ4n) is 1.49. The van der Waals surface area contributed by atoms with Gasteiger partial charge >= 0.3 is 0 Å². The van der Waals surface area contributed by atoms with E-state index in [4.69, 9.17) is 21.1 Å². The average molecular weight is 330 g/mol. The molecular formula is C12H12ClN3O4S. The molecular weight excluding hydrogens is 318 g/mol. The summed E-state index contributed by atoms with van der Waals surface area (Å²) in [5.74, 6) is 0.392. The predicted molar refractivity (Wildman–Crippen MR) is 77.4 cm³/mol. The second-order valence-electron chi connectivity index (χ2n) is 3.84. The molecule has 0 aliphatic rings. The predicted octanol–water partition coefficient (Wildman–Crippen LogP) is 1.95. The van der Waals surface area contributed by atoms with Gasteiger partial charge in [-0.05, 0) is 12.1 Å². The first-order chi connectivity index (χ1) is 9.94. The molecule has 1 aromatic carbocycles. The Morgan fingerprint density at radius 2 is 1.90 bits per heavy atom. The van der Waals surface area contributed by atoms with Gasteiger partial charge in [0.25, 0.3) is 10.0 Å². The molecule has 112 valence electrons. The molecule has 1 N–H and O–H groups in total. The minimum Gasteiger partial charge on any atom is -0.497 e. The second-order valence-corrected chi connectivity index (χ2v) is 5.91. The number of benzene rings is 1. The number of nitrogens with zero attached hydrogens (tertiary/aromatic N) is 2. The van der Waals surface area contributed by atoms with Crippen molar-refractivity contribution in [2.24, 2.45) is 0 Å². The third-order valence-corrected chi connectivity index (χ3v) is 3.98. The lowest BCUT2D eigenvalue weighted by atomic mass is 10.3. The highest BCUT2D eigenvalue weighted by Crippen LogP contribution is 2.21. The van der Waals surface area contributed by atoms with Crippen molar-refractivity contribution < 1.29 is 17.9 Å². The van der Waals surface area contributed by atoms with Gasteiger partial charge in [-0.15, -0.1) is 0 Å². The van der Waals surface area contributed by atoms with Gasteiger partial charge < -0.3 is 9.47 Å². The highest BCUT2D eigenvalue weighted by molar-refractivity contribution is 7.92. The van der Waals surface area contributed by atoms with Crippen molar-refractivity contribution in [2.75, 3.05) is 18.9 Å². The molecule has 2 aromatic rings. The first kappa shape index (κ1) is 15.3.